The molecule has 0 bridgehead atoms. The van der Waals surface area contributed by atoms with Crippen LogP contribution in [0.1, 0.15) is 42.6 Å². The molecule has 0 saturated heterocycles. The van der Waals surface area contributed by atoms with Gasteiger partial charge in [-0.1, -0.05) is 19.1 Å². The SMILES string of the molecule is CCN(CC(=O)O)C1CC(NC(=O)c2ccc(CNC(C)=O)cc2)C1. The normalized spacial score (nSPS) is 19.2. The monoisotopic (exact) mass is 347 g/mol. The number of hydrogen-bond acceptors (Lipinski definition) is 4. The Kier molecular flexibility index (Phi) is 6.52. The van der Waals surface area contributed by atoms with Crippen molar-refractivity contribution in [3.63, 3.8) is 0 Å². The number of carboxylic acid groups (broad SMARTS) is 1. The van der Waals surface area contributed by atoms with Crippen molar-refractivity contribution in [1.82, 2.24) is 15.5 Å². The molecule has 1 saturated carbocycles. The zero-order valence-electron chi connectivity index (χ0n) is 14.6. The Balaban J connectivity index is 1.79. The highest BCUT2D eigenvalue weighted by molar-refractivity contribution is 5.94. The van der Waals surface area contributed by atoms with Crippen molar-refractivity contribution in [3.05, 3.63) is 35.4 Å². The van der Waals surface area contributed by atoms with Crippen molar-refractivity contribution in [2.24, 2.45) is 0 Å². The van der Waals surface area contributed by atoms with Crippen molar-refractivity contribution < 1.29 is 19.5 Å². The minimum atomic E-state index is -0.825. The van der Waals surface area contributed by atoms with Crippen LogP contribution in [0.5, 0.6) is 0 Å². The molecule has 1 fully saturated rings. The molecular weight excluding hydrogens is 322 g/mol. The zero-order chi connectivity index (χ0) is 18.4. The standard InChI is InChI=1S/C18H25N3O4/c1-3-21(11-17(23)24)16-8-15(9-16)20-18(25)14-6-4-13(5-7-14)10-19-12(2)22/h4-7,15-16H,3,8-11H2,1-2H3,(H,19,22)(H,20,25)(H,23,24). The number of nitrogens with zero attached hydrogens (tertiary/aromatic N) is 1. The zero-order valence-corrected chi connectivity index (χ0v) is 14.6. The molecule has 136 valence electrons. The first kappa shape index (κ1) is 18.9. The fraction of sp³-hybridized carbons (Fsp3) is 0.500. The number of amides is 2. The average molecular weight is 347 g/mol. The van der Waals surface area contributed by atoms with Crippen LogP contribution in [0.3, 0.4) is 0 Å². The van der Waals surface area contributed by atoms with E-state index in [0.29, 0.717) is 18.7 Å². The summed E-state index contributed by atoms with van der Waals surface area (Å²) in [5, 5.41) is 14.6. The molecular formula is C18H25N3O4. The minimum absolute atomic E-state index is 0.0393. The first-order valence-corrected chi connectivity index (χ1v) is 8.49. The molecule has 1 aromatic rings. The Hall–Kier alpha value is -2.41. The largest absolute Gasteiger partial charge is 0.480 e. The van der Waals surface area contributed by atoms with Gasteiger partial charge >= 0.3 is 5.97 Å². The summed E-state index contributed by atoms with van der Waals surface area (Å²) in [5.74, 6) is -1.05. The molecule has 2 amide bonds. The van der Waals surface area contributed by atoms with Crippen LogP contribution < -0.4 is 10.6 Å². The first-order chi connectivity index (χ1) is 11.9. The summed E-state index contributed by atoms with van der Waals surface area (Å²) in [6.07, 6.45) is 1.54. The maximum Gasteiger partial charge on any atom is 0.317 e. The molecule has 1 aromatic carbocycles. The predicted molar refractivity (Wildman–Crippen MR) is 93.1 cm³/mol. The summed E-state index contributed by atoms with van der Waals surface area (Å²) in [5.41, 5.74) is 1.51. The van der Waals surface area contributed by atoms with Crippen LogP contribution in [0.4, 0.5) is 0 Å². The number of carboxylic acids is 1. The number of carbonyl (C=O) groups excluding carboxylic acids is 2. The lowest BCUT2D eigenvalue weighted by Gasteiger charge is -2.42. The molecule has 0 spiro atoms. The molecule has 0 unspecified atom stereocenters. The molecule has 0 aromatic heterocycles. The average Bonchev–Trinajstić information content (AvgIpc) is 2.54. The van der Waals surface area contributed by atoms with Crippen molar-refractivity contribution >= 4 is 17.8 Å². The van der Waals surface area contributed by atoms with Crippen molar-refractivity contribution in [3.8, 4) is 0 Å². The van der Waals surface area contributed by atoms with E-state index in [0.717, 1.165) is 18.4 Å². The number of rotatable bonds is 8. The second-order valence-corrected chi connectivity index (χ2v) is 6.36. The Morgan fingerprint density at radius 3 is 2.36 bits per heavy atom. The van der Waals surface area contributed by atoms with Gasteiger partial charge in [-0.05, 0) is 37.1 Å². The molecule has 25 heavy (non-hydrogen) atoms. The third-order valence-electron chi connectivity index (χ3n) is 4.47. The highest BCUT2D eigenvalue weighted by Crippen LogP contribution is 2.25. The molecule has 1 aliphatic carbocycles. The van der Waals surface area contributed by atoms with E-state index in [9.17, 15) is 14.4 Å². The maximum atomic E-state index is 12.3. The lowest BCUT2D eigenvalue weighted by molar-refractivity contribution is -0.139. The van der Waals surface area contributed by atoms with Gasteiger partial charge in [0.2, 0.25) is 5.91 Å². The summed E-state index contributed by atoms with van der Waals surface area (Å²) in [4.78, 5) is 35.9. The van der Waals surface area contributed by atoms with Gasteiger partial charge in [0.15, 0.2) is 0 Å². The number of hydrogen-bond donors (Lipinski definition) is 3. The highest BCUT2D eigenvalue weighted by Gasteiger charge is 2.34. The molecule has 0 aliphatic heterocycles. The second kappa shape index (κ2) is 8.62. The summed E-state index contributed by atoms with van der Waals surface area (Å²) >= 11 is 0. The molecule has 0 heterocycles. The van der Waals surface area contributed by atoms with Crippen LogP contribution in [0.2, 0.25) is 0 Å². The molecule has 0 radical (unpaired) electrons. The molecule has 7 heteroatoms. The van der Waals surface area contributed by atoms with Gasteiger partial charge in [-0.25, -0.2) is 0 Å². The highest BCUT2D eigenvalue weighted by atomic mass is 16.4. The van der Waals surface area contributed by atoms with Gasteiger partial charge < -0.3 is 15.7 Å². The number of nitrogens with one attached hydrogen (secondary N) is 2. The van der Waals surface area contributed by atoms with Gasteiger partial charge in [-0.3, -0.25) is 19.3 Å². The number of likely N-dealkylation sites (N-methyl/N-ethyl adjacent to an activating group) is 1. The van der Waals surface area contributed by atoms with E-state index < -0.39 is 5.97 Å². The van der Waals surface area contributed by atoms with Gasteiger partial charge in [-0.2, -0.15) is 0 Å². The summed E-state index contributed by atoms with van der Waals surface area (Å²) in [6.45, 7) is 4.57. The van der Waals surface area contributed by atoms with Gasteiger partial charge in [0.1, 0.15) is 0 Å². The van der Waals surface area contributed by atoms with E-state index in [2.05, 4.69) is 10.6 Å². The number of carbonyl (C=O) groups is 3. The van der Waals surface area contributed by atoms with Gasteiger partial charge in [0.25, 0.3) is 5.91 Å². The van der Waals surface area contributed by atoms with Crippen LogP contribution in [0.15, 0.2) is 24.3 Å². The predicted octanol–water partition coefficient (Wildman–Crippen LogP) is 0.990. The topological polar surface area (TPSA) is 98.7 Å². The van der Waals surface area contributed by atoms with E-state index in [4.69, 9.17) is 5.11 Å². The van der Waals surface area contributed by atoms with Gasteiger partial charge in [0, 0.05) is 31.1 Å². The van der Waals surface area contributed by atoms with Crippen LogP contribution in [0, 0.1) is 0 Å². The molecule has 7 nitrogen and oxygen atoms in total. The molecule has 0 atom stereocenters. The summed E-state index contributed by atoms with van der Waals surface area (Å²) in [6, 6.07) is 7.42. The van der Waals surface area contributed by atoms with Crippen molar-refractivity contribution in [2.75, 3.05) is 13.1 Å². The van der Waals surface area contributed by atoms with E-state index in [1.807, 2.05) is 24.0 Å². The van der Waals surface area contributed by atoms with E-state index in [-0.39, 0.29) is 30.4 Å². The molecule has 3 N–H and O–H groups in total. The number of benzene rings is 1. The fourth-order valence-electron chi connectivity index (χ4n) is 2.95. The van der Waals surface area contributed by atoms with E-state index >= 15 is 0 Å². The smallest absolute Gasteiger partial charge is 0.317 e. The third kappa shape index (κ3) is 5.56. The van der Waals surface area contributed by atoms with Crippen LogP contribution in [-0.2, 0) is 16.1 Å². The maximum absolute atomic E-state index is 12.3. The van der Waals surface area contributed by atoms with Crippen molar-refractivity contribution in [2.45, 2.75) is 45.3 Å². The Morgan fingerprint density at radius 2 is 1.84 bits per heavy atom. The van der Waals surface area contributed by atoms with Gasteiger partial charge in [0.05, 0.1) is 6.54 Å². The van der Waals surface area contributed by atoms with Gasteiger partial charge in [-0.15, -0.1) is 0 Å². The Labute approximate surface area is 147 Å². The van der Waals surface area contributed by atoms with Crippen LogP contribution in [-0.4, -0.2) is 53.0 Å². The fourth-order valence-corrected chi connectivity index (χ4v) is 2.95. The number of aliphatic carboxylic acids is 1. The third-order valence-corrected chi connectivity index (χ3v) is 4.47. The Morgan fingerprint density at radius 1 is 1.20 bits per heavy atom. The van der Waals surface area contributed by atoms with Crippen LogP contribution in [0.25, 0.3) is 0 Å². The molecule has 2 rings (SSSR count). The van der Waals surface area contributed by atoms with Crippen molar-refractivity contribution in [1.29, 1.82) is 0 Å². The van der Waals surface area contributed by atoms with E-state index in [1.165, 1.54) is 6.92 Å². The quantitative estimate of drug-likeness (QED) is 0.651. The summed E-state index contributed by atoms with van der Waals surface area (Å²) < 4.78 is 0. The molecule has 1 aliphatic rings. The van der Waals surface area contributed by atoms with E-state index in [1.54, 1.807) is 12.1 Å². The minimum Gasteiger partial charge on any atom is -0.480 e. The Bertz CT molecular complexity index is 624. The first-order valence-electron chi connectivity index (χ1n) is 8.49. The second-order valence-electron chi connectivity index (χ2n) is 6.36. The lowest BCUT2D eigenvalue weighted by atomic mass is 9.85. The lowest BCUT2D eigenvalue weighted by Crippen LogP contribution is -2.54. The van der Waals surface area contributed by atoms with Crippen LogP contribution >= 0.6 is 0 Å². The summed E-state index contributed by atoms with van der Waals surface area (Å²) in [7, 11) is 0.